The third-order valence-corrected chi connectivity index (χ3v) is 5.81. The molecule has 24 heavy (non-hydrogen) atoms. The van der Waals surface area contributed by atoms with Crippen molar-refractivity contribution in [3.8, 4) is 0 Å². The van der Waals surface area contributed by atoms with E-state index in [1.54, 1.807) is 0 Å². The van der Waals surface area contributed by atoms with Crippen LogP contribution in [0.15, 0.2) is 36.7 Å². The zero-order chi connectivity index (χ0) is 16.5. The Bertz CT molecular complexity index is 655. The van der Waals surface area contributed by atoms with Crippen molar-refractivity contribution in [2.24, 2.45) is 0 Å². The molecule has 1 N–H and O–H groups in total. The second-order valence-corrected chi connectivity index (χ2v) is 7.52. The molecule has 1 aromatic carbocycles. The van der Waals surface area contributed by atoms with Crippen molar-refractivity contribution in [3.05, 3.63) is 53.6 Å². The van der Waals surface area contributed by atoms with E-state index < -0.39 is 0 Å². The lowest BCUT2D eigenvalue weighted by molar-refractivity contribution is 0.0790. The van der Waals surface area contributed by atoms with Crippen LogP contribution in [0, 0.1) is 0 Å². The van der Waals surface area contributed by atoms with Crippen molar-refractivity contribution < 1.29 is 0 Å². The van der Waals surface area contributed by atoms with Gasteiger partial charge in [-0.15, -0.1) is 0 Å². The predicted molar refractivity (Wildman–Crippen MR) is 97.0 cm³/mol. The Labute approximate surface area is 144 Å². The molecule has 1 unspecified atom stereocenters. The number of piperidine rings is 1. The van der Waals surface area contributed by atoms with Crippen LogP contribution < -0.4 is 0 Å². The fourth-order valence-electron chi connectivity index (χ4n) is 4.34. The smallest absolute Gasteiger partial charge is 0.0925 e. The SMILES string of the molecule is CC(C)N1CCC(N2Cc3[nH]cnc3C(c3ccccc3)C2)CC1. The van der Waals surface area contributed by atoms with Crippen LogP contribution in [0.25, 0.3) is 0 Å². The van der Waals surface area contributed by atoms with Gasteiger partial charge in [0.2, 0.25) is 0 Å². The van der Waals surface area contributed by atoms with E-state index >= 15 is 0 Å². The number of nitrogens with zero attached hydrogens (tertiary/aromatic N) is 3. The van der Waals surface area contributed by atoms with Crippen LogP contribution in [-0.4, -0.2) is 51.5 Å². The molecule has 2 aliphatic rings. The van der Waals surface area contributed by atoms with Gasteiger partial charge >= 0.3 is 0 Å². The first kappa shape index (κ1) is 15.9. The van der Waals surface area contributed by atoms with Gasteiger partial charge in [0.25, 0.3) is 0 Å². The molecule has 0 bridgehead atoms. The molecule has 4 heteroatoms. The number of hydrogen-bond donors (Lipinski definition) is 1. The van der Waals surface area contributed by atoms with Crippen molar-refractivity contribution in [2.45, 2.75) is 51.2 Å². The van der Waals surface area contributed by atoms with Gasteiger partial charge in [-0.25, -0.2) is 4.98 Å². The maximum absolute atomic E-state index is 4.64. The number of likely N-dealkylation sites (tertiary alicyclic amines) is 1. The van der Waals surface area contributed by atoms with Crippen LogP contribution in [0.1, 0.15) is 49.6 Å². The minimum Gasteiger partial charge on any atom is -0.347 e. The zero-order valence-corrected chi connectivity index (χ0v) is 14.8. The topological polar surface area (TPSA) is 35.2 Å². The summed E-state index contributed by atoms with van der Waals surface area (Å²) in [5.74, 6) is 0.393. The highest BCUT2D eigenvalue weighted by Crippen LogP contribution is 2.34. The Balaban J connectivity index is 1.53. The van der Waals surface area contributed by atoms with Gasteiger partial charge in [0.1, 0.15) is 0 Å². The van der Waals surface area contributed by atoms with E-state index in [0.29, 0.717) is 18.0 Å². The first-order valence-electron chi connectivity index (χ1n) is 9.27. The van der Waals surface area contributed by atoms with Crippen molar-refractivity contribution in [2.75, 3.05) is 19.6 Å². The lowest BCUT2D eigenvalue weighted by Crippen LogP contribution is -2.49. The zero-order valence-electron chi connectivity index (χ0n) is 14.8. The molecule has 0 spiro atoms. The molecule has 128 valence electrons. The summed E-state index contributed by atoms with van der Waals surface area (Å²) in [4.78, 5) is 13.3. The fourth-order valence-corrected chi connectivity index (χ4v) is 4.34. The molecule has 4 nitrogen and oxygen atoms in total. The minimum absolute atomic E-state index is 0.393. The standard InChI is InChI=1S/C20H28N4/c1-15(2)23-10-8-17(9-11-23)24-12-18(16-6-4-3-5-7-16)20-19(13-24)21-14-22-20/h3-7,14-15,17-18H,8-13H2,1-2H3,(H,21,22). The normalized spacial score (nSPS) is 23.5. The minimum atomic E-state index is 0.393. The summed E-state index contributed by atoms with van der Waals surface area (Å²) >= 11 is 0. The summed E-state index contributed by atoms with van der Waals surface area (Å²) in [5, 5.41) is 0. The number of benzene rings is 1. The Morgan fingerprint density at radius 1 is 1.12 bits per heavy atom. The molecule has 2 aliphatic heterocycles. The molecule has 1 fully saturated rings. The average molecular weight is 324 g/mol. The molecule has 0 saturated carbocycles. The number of H-pyrrole nitrogens is 1. The first-order valence-corrected chi connectivity index (χ1v) is 9.27. The van der Waals surface area contributed by atoms with Gasteiger partial charge in [-0.1, -0.05) is 30.3 Å². The molecule has 2 aromatic rings. The Hall–Kier alpha value is -1.65. The summed E-state index contributed by atoms with van der Waals surface area (Å²) in [5.41, 5.74) is 3.94. The van der Waals surface area contributed by atoms with E-state index in [0.717, 1.165) is 13.1 Å². The largest absolute Gasteiger partial charge is 0.347 e. The van der Waals surface area contributed by atoms with Crippen molar-refractivity contribution in [3.63, 3.8) is 0 Å². The highest BCUT2D eigenvalue weighted by Gasteiger charge is 2.34. The highest BCUT2D eigenvalue weighted by molar-refractivity contribution is 5.33. The maximum Gasteiger partial charge on any atom is 0.0925 e. The summed E-state index contributed by atoms with van der Waals surface area (Å²) < 4.78 is 0. The van der Waals surface area contributed by atoms with Gasteiger partial charge < -0.3 is 9.88 Å². The number of rotatable bonds is 3. The molecule has 4 rings (SSSR count). The van der Waals surface area contributed by atoms with Crippen molar-refractivity contribution >= 4 is 0 Å². The highest BCUT2D eigenvalue weighted by atomic mass is 15.2. The quantitative estimate of drug-likeness (QED) is 0.941. The Kier molecular flexibility index (Phi) is 4.42. The van der Waals surface area contributed by atoms with Crippen LogP contribution in [-0.2, 0) is 6.54 Å². The third kappa shape index (κ3) is 3.01. The van der Waals surface area contributed by atoms with Gasteiger partial charge in [0.15, 0.2) is 0 Å². The van der Waals surface area contributed by atoms with E-state index in [2.05, 4.69) is 63.9 Å². The number of nitrogens with one attached hydrogen (secondary N) is 1. The molecule has 1 saturated heterocycles. The Morgan fingerprint density at radius 2 is 1.88 bits per heavy atom. The van der Waals surface area contributed by atoms with E-state index in [-0.39, 0.29) is 0 Å². The molecule has 0 amide bonds. The lowest BCUT2D eigenvalue weighted by Gasteiger charge is -2.42. The second kappa shape index (κ2) is 6.69. The van der Waals surface area contributed by atoms with Gasteiger partial charge in [-0.3, -0.25) is 4.90 Å². The molecule has 1 atom stereocenters. The van der Waals surface area contributed by atoms with Crippen LogP contribution in [0.2, 0.25) is 0 Å². The van der Waals surface area contributed by atoms with Gasteiger partial charge in [-0.05, 0) is 45.3 Å². The van der Waals surface area contributed by atoms with Gasteiger partial charge in [-0.2, -0.15) is 0 Å². The Morgan fingerprint density at radius 3 is 2.58 bits per heavy atom. The molecular formula is C20H28N4. The van der Waals surface area contributed by atoms with E-state index in [1.165, 1.54) is 42.9 Å². The predicted octanol–water partition coefficient (Wildman–Crippen LogP) is 3.23. The van der Waals surface area contributed by atoms with Crippen molar-refractivity contribution in [1.29, 1.82) is 0 Å². The van der Waals surface area contributed by atoms with E-state index in [1.807, 2.05) is 6.33 Å². The second-order valence-electron chi connectivity index (χ2n) is 7.52. The summed E-state index contributed by atoms with van der Waals surface area (Å²) in [7, 11) is 0. The number of imidazole rings is 1. The van der Waals surface area contributed by atoms with Gasteiger partial charge in [0.05, 0.1) is 17.7 Å². The van der Waals surface area contributed by atoms with E-state index in [9.17, 15) is 0 Å². The fraction of sp³-hybridized carbons (Fsp3) is 0.550. The number of aromatic amines is 1. The molecule has 3 heterocycles. The molecule has 0 aliphatic carbocycles. The van der Waals surface area contributed by atoms with Crippen LogP contribution >= 0.6 is 0 Å². The first-order chi connectivity index (χ1) is 11.7. The number of hydrogen-bond acceptors (Lipinski definition) is 3. The summed E-state index contributed by atoms with van der Waals surface area (Å²) in [6.07, 6.45) is 4.43. The third-order valence-electron chi connectivity index (χ3n) is 5.81. The average Bonchev–Trinajstić information content (AvgIpc) is 3.10. The van der Waals surface area contributed by atoms with Crippen LogP contribution in [0.5, 0.6) is 0 Å². The number of fused-ring (bicyclic) bond motifs is 1. The van der Waals surface area contributed by atoms with E-state index in [4.69, 9.17) is 0 Å². The van der Waals surface area contributed by atoms with Crippen LogP contribution in [0.4, 0.5) is 0 Å². The number of aromatic nitrogens is 2. The summed E-state index contributed by atoms with van der Waals surface area (Å²) in [6.45, 7) is 9.18. The van der Waals surface area contributed by atoms with Crippen LogP contribution in [0.3, 0.4) is 0 Å². The maximum atomic E-state index is 4.64. The van der Waals surface area contributed by atoms with Gasteiger partial charge in [0, 0.05) is 31.1 Å². The molecular weight excluding hydrogens is 296 g/mol. The monoisotopic (exact) mass is 324 g/mol. The van der Waals surface area contributed by atoms with Crippen molar-refractivity contribution in [1.82, 2.24) is 19.8 Å². The summed E-state index contributed by atoms with van der Waals surface area (Å²) in [6, 6.07) is 12.2. The molecule has 0 radical (unpaired) electrons. The lowest BCUT2D eigenvalue weighted by atomic mass is 9.89. The molecule has 1 aromatic heterocycles.